The average molecular weight is 827 g/mol. The first-order chi connectivity index (χ1) is 21.6. The number of rotatable bonds is 10. The van der Waals surface area contributed by atoms with Crippen LogP contribution in [0.5, 0.6) is 0 Å². The van der Waals surface area contributed by atoms with Gasteiger partial charge in [0, 0.05) is 43.4 Å². The summed E-state index contributed by atoms with van der Waals surface area (Å²) in [6, 6.07) is 27.9. The minimum Gasteiger partial charge on any atom is -0.512 e. The van der Waals surface area contributed by atoms with Gasteiger partial charge in [-0.25, -0.2) is 0 Å². The third-order valence-corrected chi connectivity index (χ3v) is 11.0. The maximum Gasteiger partial charge on any atom is 0.162 e. The molecule has 0 bridgehead atoms. The van der Waals surface area contributed by atoms with E-state index in [0.717, 1.165) is 48.0 Å². The van der Waals surface area contributed by atoms with Gasteiger partial charge in [0.15, 0.2) is 5.78 Å². The Hall–Kier alpha value is -2.85. The summed E-state index contributed by atoms with van der Waals surface area (Å²) in [6.07, 6.45) is 4.91. The molecule has 47 heavy (non-hydrogen) atoms. The topological polar surface area (TPSA) is 50.2 Å². The molecular weight excluding hydrogens is 771 g/mol. The molecule has 0 unspecified atom stereocenters. The maximum absolute atomic E-state index is 11.7. The molecule has 0 saturated carbocycles. The van der Waals surface area contributed by atoms with E-state index in [1.54, 1.807) is 0 Å². The number of aliphatic hydroxyl groups is 1. The number of nitrogens with zero attached hydrogens (tertiary/aromatic N) is 1. The summed E-state index contributed by atoms with van der Waals surface area (Å²) in [4.78, 5) is 16.8. The van der Waals surface area contributed by atoms with Gasteiger partial charge in [0.05, 0.1) is 19.3 Å². The van der Waals surface area contributed by atoms with Crippen LogP contribution in [0.2, 0.25) is 19.6 Å². The van der Waals surface area contributed by atoms with Crippen molar-refractivity contribution in [2.75, 3.05) is 0 Å². The second-order valence-electron chi connectivity index (χ2n) is 14.6. The maximum atomic E-state index is 11.7. The smallest absolute Gasteiger partial charge is 0.162 e. The van der Waals surface area contributed by atoms with Crippen LogP contribution < -0.4 is 5.19 Å². The zero-order valence-corrected chi connectivity index (χ0v) is 33.9. The van der Waals surface area contributed by atoms with Gasteiger partial charge in [-0.2, -0.15) is 0 Å². The molecule has 255 valence electrons. The van der Waals surface area contributed by atoms with Gasteiger partial charge in [-0.05, 0) is 54.0 Å². The minimum atomic E-state index is -1.42. The summed E-state index contributed by atoms with van der Waals surface area (Å²) in [5.74, 6) is 0.547. The second kappa shape index (κ2) is 17.5. The van der Waals surface area contributed by atoms with E-state index in [0.29, 0.717) is 0 Å². The molecule has 0 fully saturated rings. The summed E-state index contributed by atoms with van der Waals surface area (Å²) >= 11 is 0. The summed E-state index contributed by atoms with van der Waals surface area (Å²) in [5, 5.41) is 12.5. The van der Waals surface area contributed by atoms with Crippen LogP contribution in [-0.4, -0.2) is 23.9 Å². The standard InChI is InChI=1S/C29H32NSi.C13H24O2.Ir/c1-20-15-22(17-23(16-20)29(2,3)4)28-19-25(21-11-9-8-10-12-21)26-18-24(31(5,6)7)13-14-27(26)30-28;1-5-10(6-2)12(14)9-13(15)11(7-3)8-4;/h8-14,16-19H,1-7H3;9-11,14H,5-8H2,1-4H3;/q-1;;/b;12-9-;. The van der Waals surface area contributed by atoms with Crippen molar-refractivity contribution in [2.24, 2.45) is 11.8 Å². The van der Waals surface area contributed by atoms with Crippen molar-refractivity contribution in [3.63, 3.8) is 0 Å². The van der Waals surface area contributed by atoms with E-state index in [-0.39, 0.29) is 48.9 Å². The number of aryl methyl sites for hydroxylation is 1. The van der Waals surface area contributed by atoms with Crippen molar-refractivity contribution < 1.29 is 30.0 Å². The SMILES string of the molecule is CCC(CC)C(=O)/C=C(\O)C(CC)CC.Cc1[c-]c(-c2cc(-c3ccccc3)c3cc([Si](C)(C)C)ccc3n2)cc(C(C)(C)C)c1.[Ir]. The van der Waals surface area contributed by atoms with Crippen LogP contribution in [0.4, 0.5) is 0 Å². The third kappa shape index (κ3) is 10.8. The molecule has 1 radical (unpaired) electrons. The summed E-state index contributed by atoms with van der Waals surface area (Å²) in [5.41, 5.74) is 8.13. The molecule has 0 aliphatic heterocycles. The molecule has 3 aromatic carbocycles. The van der Waals surface area contributed by atoms with Crippen LogP contribution >= 0.6 is 0 Å². The Bertz CT molecular complexity index is 1640. The zero-order valence-electron chi connectivity index (χ0n) is 30.5. The van der Waals surface area contributed by atoms with Gasteiger partial charge in [-0.1, -0.05) is 129 Å². The van der Waals surface area contributed by atoms with Gasteiger partial charge in [-0.15, -0.1) is 34.9 Å². The van der Waals surface area contributed by atoms with Crippen LogP contribution in [0.1, 0.15) is 85.3 Å². The van der Waals surface area contributed by atoms with Crippen molar-refractivity contribution >= 4 is 29.9 Å². The minimum absolute atomic E-state index is 0. The Balaban J connectivity index is 0.000000410. The Labute approximate surface area is 299 Å². The number of carbonyl (C=O) groups excluding carboxylic acids is 1. The molecule has 1 heterocycles. The molecule has 5 heteroatoms. The van der Waals surface area contributed by atoms with E-state index in [1.807, 2.05) is 27.7 Å². The normalized spacial score (nSPS) is 12.1. The van der Waals surface area contributed by atoms with Crippen LogP contribution in [-0.2, 0) is 30.3 Å². The molecule has 0 atom stereocenters. The Morgan fingerprint density at radius 2 is 1.47 bits per heavy atom. The molecule has 1 N–H and O–H groups in total. The first kappa shape index (κ1) is 40.3. The molecule has 0 aliphatic rings. The van der Waals surface area contributed by atoms with Crippen molar-refractivity contribution in [2.45, 2.75) is 106 Å². The zero-order chi connectivity index (χ0) is 34.2. The Morgan fingerprint density at radius 3 is 2.00 bits per heavy atom. The van der Waals surface area contributed by atoms with Crippen LogP contribution in [0.3, 0.4) is 0 Å². The molecule has 0 saturated heterocycles. The molecule has 1 aromatic heterocycles. The number of hydrogen-bond acceptors (Lipinski definition) is 3. The number of aromatic nitrogens is 1. The van der Waals surface area contributed by atoms with E-state index in [2.05, 4.69) is 120 Å². The van der Waals surface area contributed by atoms with E-state index < -0.39 is 8.07 Å². The number of hydrogen-bond donors (Lipinski definition) is 1. The van der Waals surface area contributed by atoms with Gasteiger partial charge >= 0.3 is 0 Å². The summed E-state index contributed by atoms with van der Waals surface area (Å²) < 4.78 is 0. The molecule has 0 amide bonds. The van der Waals surface area contributed by atoms with Crippen molar-refractivity contribution in [3.05, 3.63) is 95.8 Å². The fourth-order valence-electron chi connectivity index (χ4n) is 5.75. The fourth-order valence-corrected chi connectivity index (χ4v) is 6.91. The van der Waals surface area contributed by atoms with Crippen LogP contribution in [0.25, 0.3) is 33.3 Å². The quantitative estimate of drug-likeness (QED) is 0.0750. The summed E-state index contributed by atoms with van der Waals surface area (Å²) in [7, 11) is -1.42. The van der Waals surface area contributed by atoms with E-state index in [4.69, 9.17) is 4.98 Å². The molecule has 4 rings (SSSR count). The number of aliphatic hydroxyl groups excluding tert-OH is 1. The van der Waals surface area contributed by atoms with Gasteiger partial charge in [0.2, 0.25) is 0 Å². The average Bonchev–Trinajstić information content (AvgIpc) is 3.01. The van der Waals surface area contributed by atoms with Gasteiger partial charge in [0.1, 0.15) is 0 Å². The predicted molar refractivity (Wildman–Crippen MR) is 202 cm³/mol. The van der Waals surface area contributed by atoms with Crippen molar-refractivity contribution in [3.8, 4) is 22.4 Å². The van der Waals surface area contributed by atoms with Crippen LogP contribution in [0.15, 0.2) is 78.6 Å². The van der Waals surface area contributed by atoms with Gasteiger partial charge in [0.25, 0.3) is 0 Å². The van der Waals surface area contributed by atoms with E-state index in [9.17, 15) is 9.90 Å². The molecule has 0 aliphatic carbocycles. The second-order valence-corrected chi connectivity index (χ2v) is 19.7. The molecule has 0 spiro atoms. The van der Waals surface area contributed by atoms with E-state index >= 15 is 0 Å². The van der Waals surface area contributed by atoms with Gasteiger partial charge in [-0.3, -0.25) is 9.78 Å². The third-order valence-electron chi connectivity index (χ3n) is 8.99. The molecule has 4 aromatic rings. The number of fused-ring (bicyclic) bond motifs is 1. The largest absolute Gasteiger partial charge is 0.512 e. The van der Waals surface area contributed by atoms with Crippen molar-refractivity contribution in [1.29, 1.82) is 0 Å². The Kier molecular flexibility index (Phi) is 15.0. The van der Waals surface area contributed by atoms with Gasteiger partial charge < -0.3 is 5.11 Å². The Morgan fingerprint density at radius 1 is 0.872 bits per heavy atom. The first-order valence-electron chi connectivity index (χ1n) is 17.1. The molecule has 3 nitrogen and oxygen atoms in total. The fraction of sp³-hybridized carbons (Fsp3) is 0.429. The number of benzene rings is 3. The summed E-state index contributed by atoms with van der Waals surface area (Å²) in [6.45, 7) is 24.2. The van der Waals surface area contributed by atoms with E-state index in [1.165, 1.54) is 33.3 Å². The molecular formula is C42H56IrNO2Si-. The number of ketones is 1. The number of pyridine rings is 1. The van der Waals surface area contributed by atoms with Crippen LogP contribution in [0, 0.1) is 24.8 Å². The number of carbonyl (C=O) groups is 1. The predicted octanol–water partition coefficient (Wildman–Crippen LogP) is 11.4. The first-order valence-corrected chi connectivity index (χ1v) is 20.6. The number of allylic oxidation sites excluding steroid dienone is 2. The van der Waals surface area contributed by atoms with Crippen molar-refractivity contribution in [1.82, 2.24) is 4.98 Å². The monoisotopic (exact) mass is 827 g/mol.